The van der Waals surface area contributed by atoms with E-state index in [1.54, 1.807) is 0 Å². The van der Waals surface area contributed by atoms with Gasteiger partial charge in [-0.2, -0.15) is 0 Å². The van der Waals surface area contributed by atoms with Crippen molar-refractivity contribution in [1.82, 2.24) is 19.9 Å². The van der Waals surface area contributed by atoms with Crippen molar-refractivity contribution < 1.29 is 36.9 Å². The molecule has 0 spiro atoms. The van der Waals surface area contributed by atoms with Crippen molar-refractivity contribution in [1.29, 1.82) is 0 Å². The number of nitrogens with zero attached hydrogens (tertiary/aromatic N) is 4. The fraction of sp³-hybridized carbons (Fsp3) is 0.357. The SMILES string of the molecule is N[C@@H](CCCCNc1ncnc2ccccc12)C(=O)O.N[C@@H](CCCCNc1ncnc2ccccc12)C(=O)O.[Cu]. The second-order valence-corrected chi connectivity index (χ2v) is 9.21. The van der Waals surface area contributed by atoms with Crippen molar-refractivity contribution in [3.05, 3.63) is 61.2 Å². The third kappa shape index (κ3) is 10.9. The maximum absolute atomic E-state index is 10.6. The van der Waals surface area contributed by atoms with Gasteiger partial charge in [-0.1, -0.05) is 24.3 Å². The van der Waals surface area contributed by atoms with Gasteiger partial charge in [0, 0.05) is 40.9 Å². The summed E-state index contributed by atoms with van der Waals surface area (Å²) in [6.07, 6.45) is 7.27. The number of carbonyl (C=O) groups is 2. The molecule has 12 nitrogen and oxygen atoms in total. The predicted molar refractivity (Wildman–Crippen MR) is 155 cm³/mol. The standard InChI is InChI=1S/2C14H18N4O2.Cu/c2*15-11(14(19)20)6-3-4-8-16-13-10-5-1-2-7-12(10)17-9-18-13;/h2*1-2,5,7,9,11H,3-4,6,8,15H2,(H,19,20)(H,16,17,18);/t2*11-;/m00./s1. The van der Waals surface area contributed by atoms with Crippen LogP contribution in [0.3, 0.4) is 0 Å². The number of hydrogen-bond donors (Lipinski definition) is 6. The number of aliphatic carboxylic acids is 2. The number of carboxylic acid groups (broad SMARTS) is 2. The monoisotopic (exact) mass is 611 g/mol. The number of anilines is 2. The molecule has 2 aromatic carbocycles. The van der Waals surface area contributed by atoms with Crippen molar-refractivity contribution in [2.75, 3.05) is 23.7 Å². The van der Waals surface area contributed by atoms with E-state index in [2.05, 4.69) is 30.6 Å². The van der Waals surface area contributed by atoms with Crippen LogP contribution in [0.1, 0.15) is 38.5 Å². The van der Waals surface area contributed by atoms with Crippen molar-refractivity contribution in [3.8, 4) is 0 Å². The molecule has 0 amide bonds. The molecule has 13 heteroatoms. The van der Waals surface area contributed by atoms with Gasteiger partial charge in [0.1, 0.15) is 36.4 Å². The first-order valence-corrected chi connectivity index (χ1v) is 13.2. The Morgan fingerprint density at radius 1 is 0.659 bits per heavy atom. The number of unbranched alkanes of at least 4 members (excludes halogenated alkanes) is 2. The van der Waals surface area contributed by atoms with Crippen LogP contribution < -0.4 is 22.1 Å². The zero-order chi connectivity index (χ0) is 28.7. The number of nitrogens with one attached hydrogen (secondary N) is 2. The molecule has 0 fully saturated rings. The number of aromatic nitrogens is 4. The summed E-state index contributed by atoms with van der Waals surface area (Å²) in [5.41, 5.74) is 12.7. The summed E-state index contributed by atoms with van der Waals surface area (Å²) in [5.74, 6) is -0.282. The van der Waals surface area contributed by atoms with Crippen molar-refractivity contribution >= 4 is 45.4 Å². The van der Waals surface area contributed by atoms with Gasteiger partial charge in [0.15, 0.2) is 0 Å². The van der Waals surface area contributed by atoms with E-state index in [1.807, 2.05) is 48.5 Å². The molecule has 8 N–H and O–H groups in total. The van der Waals surface area contributed by atoms with Gasteiger partial charge in [0.25, 0.3) is 0 Å². The molecular weight excluding hydrogens is 576 g/mol. The van der Waals surface area contributed by atoms with Crippen LogP contribution >= 0.6 is 0 Å². The van der Waals surface area contributed by atoms with Crippen LogP contribution in [0.25, 0.3) is 21.8 Å². The molecule has 0 aliphatic rings. The molecule has 2 aromatic heterocycles. The van der Waals surface area contributed by atoms with Crippen molar-refractivity contribution in [2.24, 2.45) is 11.5 Å². The Kier molecular flexibility index (Phi) is 14.4. The summed E-state index contributed by atoms with van der Waals surface area (Å²) in [7, 11) is 0. The van der Waals surface area contributed by atoms with Crippen LogP contribution in [-0.2, 0) is 26.7 Å². The molecule has 0 unspecified atom stereocenters. The van der Waals surface area contributed by atoms with Crippen LogP contribution in [0.5, 0.6) is 0 Å². The van der Waals surface area contributed by atoms with E-state index in [0.29, 0.717) is 12.8 Å². The minimum Gasteiger partial charge on any atom is -0.480 e. The zero-order valence-electron chi connectivity index (χ0n) is 22.5. The molecule has 41 heavy (non-hydrogen) atoms. The molecule has 223 valence electrons. The Balaban J connectivity index is 0.000000280. The molecule has 0 aliphatic carbocycles. The van der Waals surface area contributed by atoms with E-state index in [4.69, 9.17) is 21.7 Å². The van der Waals surface area contributed by atoms with Gasteiger partial charge >= 0.3 is 11.9 Å². The molecule has 0 bridgehead atoms. The number of hydrogen-bond acceptors (Lipinski definition) is 10. The van der Waals surface area contributed by atoms with Gasteiger partial charge in [0.2, 0.25) is 0 Å². The van der Waals surface area contributed by atoms with E-state index < -0.39 is 24.0 Å². The molecule has 0 saturated carbocycles. The van der Waals surface area contributed by atoms with Gasteiger partial charge in [0.05, 0.1) is 11.0 Å². The molecule has 4 aromatic rings. The molecule has 0 aliphatic heterocycles. The Morgan fingerprint density at radius 3 is 1.44 bits per heavy atom. The minimum atomic E-state index is -0.945. The summed E-state index contributed by atoms with van der Waals surface area (Å²) < 4.78 is 0. The maximum Gasteiger partial charge on any atom is 0.320 e. The molecule has 2 heterocycles. The Labute approximate surface area is 248 Å². The summed E-state index contributed by atoms with van der Waals surface area (Å²) in [6.45, 7) is 1.46. The smallest absolute Gasteiger partial charge is 0.320 e. The van der Waals surface area contributed by atoms with E-state index in [1.165, 1.54) is 12.7 Å². The maximum atomic E-state index is 10.6. The van der Waals surface area contributed by atoms with Crippen LogP contribution in [0, 0.1) is 0 Å². The summed E-state index contributed by atoms with van der Waals surface area (Å²) in [4.78, 5) is 38.0. The molecule has 0 saturated heterocycles. The largest absolute Gasteiger partial charge is 0.480 e. The number of nitrogens with two attached hydrogens (primary N) is 2. The van der Waals surface area contributed by atoms with Gasteiger partial charge in [-0.05, 0) is 62.8 Å². The van der Waals surface area contributed by atoms with E-state index in [-0.39, 0.29) is 17.1 Å². The second-order valence-electron chi connectivity index (χ2n) is 9.21. The number of carboxylic acids is 2. The van der Waals surface area contributed by atoms with Gasteiger partial charge in [-0.15, -0.1) is 0 Å². The minimum absolute atomic E-state index is 0. The third-order valence-electron chi connectivity index (χ3n) is 6.19. The molecule has 2 atom stereocenters. The number of fused-ring (bicyclic) bond motifs is 2. The topological polar surface area (TPSA) is 202 Å². The molecule has 1 radical (unpaired) electrons. The first-order valence-electron chi connectivity index (χ1n) is 13.2. The predicted octanol–water partition coefficient (Wildman–Crippen LogP) is 3.25. The van der Waals surface area contributed by atoms with Crippen molar-refractivity contribution in [3.63, 3.8) is 0 Å². The van der Waals surface area contributed by atoms with Gasteiger partial charge < -0.3 is 32.3 Å². The van der Waals surface area contributed by atoms with Gasteiger partial charge in [-0.3, -0.25) is 9.59 Å². The number of benzene rings is 2. The average molecular weight is 612 g/mol. The van der Waals surface area contributed by atoms with Crippen LogP contribution in [-0.4, -0.2) is 67.3 Å². The zero-order valence-corrected chi connectivity index (χ0v) is 23.5. The fourth-order valence-corrected chi connectivity index (χ4v) is 3.93. The third-order valence-corrected chi connectivity index (χ3v) is 6.19. The first-order chi connectivity index (χ1) is 19.4. The summed E-state index contributed by atoms with van der Waals surface area (Å²) in [6, 6.07) is 14.0. The van der Waals surface area contributed by atoms with Gasteiger partial charge in [-0.25, -0.2) is 19.9 Å². The normalized spacial score (nSPS) is 12.0. The Bertz CT molecular complexity index is 1280. The molecular formula is C28H36CuN8O4. The molecule has 4 rings (SSSR count). The van der Waals surface area contributed by atoms with E-state index >= 15 is 0 Å². The average Bonchev–Trinajstić information content (AvgIpc) is 2.97. The summed E-state index contributed by atoms with van der Waals surface area (Å²) in [5, 5.41) is 25.8. The second kappa shape index (κ2) is 17.7. The van der Waals surface area contributed by atoms with Crippen LogP contribution in [0.15, 0.2) is 61.2 Å². The number of para-hydroxylation sites is 2. The van der Waals surface area contributed by atoms with E-state index in [0.717, 1.165) is 72.2 Å². The van der Waals surface area contributed by atoms with Crippen molar-refractivity contribution in [2.45, 2.75) is 50.6 Å². The van der Waals surface area contributed by atoms with E-state index in [9.17, 15) is 9.59 Å². The first kappa shape index (κ1) is 33.3. The number of rotatable bonds is 14. The van der Waals surface area contributed by atoms with Crippen LogP contribution in [0.2, 0.25) is 0 Å². The Morgan fingerprint density at radius 2 is 1.05 bits per heavy atom. The quantitative estimate of drug-likeness (QED) is 0.0898. The Hall–Kier alpha value is -3.90. The summed E-state index contributed by atoms with van der Waals surface area (Å²) >= 11 is 0. The fourth-order valence-electron chi connectivity index (χ4n) is 3.93. The van der Waals surface area contributed by atoms with Crippen LogP contribution in [0.4, 0.5) is 11.6 Å².